The number of carbonyl (C=O) groups is 1. The molecular weight excluding hydrogens is 302 g/mol. The quantitative estimate of drug-likeness (QED) is 0.939. The molecule has 1 aliphatic heterocycles. The van der Waals surface area contributed by atoms with Crippen molar-refractivity contribution in [3.8, 4) is 0 Å². The van der Waals surface area contributed by atoms with Gasteiger partial charge in [0.25, 0.3) is 5.91 Å². The number of H-pyrrole nitrogens is 1. The van der Waals surface area contributed by atoms with Crippen molar-refractivity contribution in [2.24, 2.45) is 0 Å². The second-order valence-electron chi connectivity index (χ2n) is 6.30. The fourth-order valence-electron chi connectivity index (χ4n) is 3.08. The molecule has 1 saturated heterocycles. The molecule has 1 aromatic carbocycles. The average molecular weight is 325 g/mol. The number of nitrogens with zero attached hydrogens (tertiary/aromatic N) is 2. The van der Waals surface area contributed by atoms with Crippen molar-refractivity contribution < 1.29 is 4.79 Å². The fraction of sp³-hybridized carbons (Fsp3) is 0.368. The molecule has 1 aliphatic rings. The molecule has 5 nitrogen and oxygen atoms in total. The number of nitrogens with one attached hydrogen (secondary N) is 1. The van der Waals surface area contributed by atoms with Gasteiger partial charge in [-0.2, -0.15) is 0 Å². The van der Waals surface area contributed by atoms with Crippen LogP contribution in [0.4, 0.5) is 0 Å². The number of hydrogen-bond acceptors (Lipinski definition) is 3. The number of benzene rings is 1. The van der Waals surface area contributed by atoms with Gasteiger partial charge in [-0.3, -0.25) is 14.5 Å². The van der Waals surface area contributed by atoms with Gasteiger partial charge in [-0.25, -0.2) is 0 Å². The summed E-state index contributed by atoms with van der Waals surface area (Å²) in [4.78, 5) is 31.8. The van der Waals surface area contributed by atoms with Crippen LogP contribution in [0.2, 0.25) is 0 Å². The summed E-state index contributed by atoms with van der Waals surface area (Å²) in [6.45, 7) is 5.83. The molecule has 24 heavy (non-hydrogen) atoms. The molecule has 1 aromatic heterocycles. The molecular formula is C19H23N3O2. The van der Waals surface area contributed by atoms with Crippen molar-refractivity contribution >= 4 is 5.91 Å². The molecule has 1 fully saturated rings. The molecule has 0 atom stereocenters. The number of pyridine rings is 1. The second-order valence-corrected chi connectivity index (χ2v) is 6.30. The molecule has 126 valence electrons. The van der Waals surface area contributed by atoms with Gasteiger partial charge in [-0.1, -0.05) is 30.3 Å². The lowest BCUT2D eigenvalue weighted by molar-refractivity contribution is 0.0759. The average Bonchev–Trinajstić information content (AvgIpc) is 2.81. The van der Waals surface area contributed by atoms with E-state index >= 15 is 0 Å². The monoisotopic (exact) mass is 325 g/mol. The molecule has 0 spiro atoms. The Hall–Kier alpha value is -2.40. The molecule has 0 aliphatic carbocycles. The van der Waals surface area contributed by atoms with Crippen LogP contribution in [0.15, 0.2) is 47.4 Å². The van der Waals surface area contributed by atoms with Gasteiger partial charge in [0.05, 0.1) is 0 Å². The van der Waals surface area contributed by atoms with Gasteiger partial charge in [0.2, 0.25) is 0 Å². The van der Waals surface area contributed by atoms with Crippen LogP contribution in [0.25, 0.3) is 0 Å². The van der Waals surface area contributed by atoms with Crippen LogP contribution in [-0.4, -0.2) is 46.9 Å². The molecule has 0 unspecified atom stereocenters. The minimum Gasteiger partial charge on any atom is -0.364 e. The molecule has 5 heteroatoms. The Bertz CT molecular complexity index is 755. The predicted molar refractivity (Wildman–Crippen MR) is 94.0 cm³/mol. The Morgan fingerprint density at radius 1 is 1.12 bits per heavy atom. The first-order valence-corrected chi connectivity index (χ1v) is 8.38. The second kappa shape index (κ2) is 7.45. The van der Waals surface area contributed by atoms with Crippen LogP contribution in [0, 0.1) is 6.92 Å². The van der Waals surface area contributed by atoms with E-state index in [-0.39, 0.29) is 16.9 Å². The van der Waals surface area contributed by atoms with Crippen LogP contribution in [-0.2, 0) is 6.54 Å². The van der Waals surface area contributed by atoms with Gasteiger partial charge in [-0.15, -0.1) is 0 Å². The van der Waals surface area contributed by atoms with Crippen LogP contribution in [0.5, 0.6) is 0 Å². The standard InChI is InChI=1S/C19H23N3O2/c1-15-12-18(23)17(13-20-15)19(24)22-9-5-8-21(10-11-22)14-16-6-3-2-4-7-16/h2-4,6-7,12-13H,5,8-11,14H2,1H3,(H,20,23). The lowest BCUT2D eigenvalue weighted by Gasteiger charge is -2.22. The Morgan fingerprint density at radius 2 is 1.92 bits per heavy atom. The van der Waals surface area contributed by atoms with Gasteiger partial charge >= 0.3 is 0 Å². The van der Waals surface area contributed by atoms with Crippen molar-refractivity contribution in [1.82, 2.24) is 14.8 Å². The van der Waals surface area contributed by atoms with E-state index in [1.54, 1.807) is 4.90 Å². The molecule has 2 aromatic rings. The number of amides is 1. The highest BCUT2D eigenvalue weighted by atomic mass is 16.2. The number of aromatic nitrogens is 1. The third-order valence-corrected chi connectivity index (χ3v) is 4.41. The fourth-order valence-corrected chi connectivity index (χ4v) is 3.08. The van der Waals surface area contributed by atoms with E-state index < -0.39 is 0 Å². The Morgan fingerprint density at radius 3 is 2.67 bits per heavy atom. The SMILES string of the molecule is Cc1cc(=O)c(C(=O)N2CCCN(Cc3ccccc3)CC2)c[nH]1. The zero-order valence-corrected chi connectivity index (χ0v) is 14.0. The maximum Gasteiger partial charge on any atom is 0.259 e. The van der Waals surface area contributed by atoms with Crippen molar-refractivity contribution in [1.29, 1.82) is 0 Å². The van der Waals surface area contributed by atoms with Gasteiger partial charge in [0.1, 0.15) is 5.56 Å². The van der Waals surface area contributed by atoms with Crippen molar-refractivity contribution in [2.45, 2.75) is 19.9 Å². The summed E-state index contributed by atoms with van der Waals surface area (Å²) < 4.78 is 0. The van der Waals surface area contributed by atoms with E-state index in [1.807, 2.05) is 25.1 Å². The third-order valence-electron chi connectivity index (χ3n) is 4.41. The first-order chi connectivity index (χ1) is 11.6. The van der Waals surface area contributed by atoms with E-state index in [9.17, 15) is 9.59 Å². The number of hydrogen-bond donors (Lipinski definition) is 1. The van der Waals surface area contributed by atoms with Crippen molar-refractivity contribution in [3.05, 3.63) is 69.6 Å². The summed E-state index contributed by atoms with van der Waals surface area (Å²) in [5.41, 5.74) is 2.08. The van der Waals surface area contributed by atoms with Gasteiger partial charge < -0.3 is 9.88 Å². The molecule has 3 rings (SSSR count). The molecule has 0 radical (unpaired) electrons. The van der Waals surface area contributed by atoms with Crippen LogP contribution in [0.3, 0.4) is 0 Å². The van der Waals surface area contributed by atoms with Crippen LogP contribution < -0.4 is 5.43 Å². The summed E-state index contributed by atoms with van der Waals surface area (Å²) >= 11 is 0. The first-order valence-electron chi connectivity index (χ1n) is 8.38. The summed E-state index contributed by atoms with van der Waals surface area (Å²) in [6, 6.07) is 11.8. The molecule has 0 saturated carbocycles. The maximum atomic E-state index is 12.6. The van der Waals surface area contributed by atoms with E-state index in [0.29, 0.717) is 13.1 Å². The Kier molecular flexibility index (Phi) is 5.11. The topological polar surface area (TPSA) is 56.4 Å². The molecule has 1 amide bonds. The highest BCUT2D eigenvalue weighted by molar-refractivity contribution is 5.93. The van der Waals surface area contributed by atoms with Gasteiger partial charge in [-0.05, 0) is 18.9 Å². The summed E-state index contributed by atoms with van der Waals surface area (Å²) in [5, 5.41) is 0. The molecule has 1 N–H and O–H groups in total. The number of aryl methyl sites for hydroxylation is 1. The van der Waals surface area contributed by atoms with E-state index in [1.165, 1.54) is 17.8 Å². The normalized spacial score (nSPS) is 16.0. The smallest absolute Gasteiger partial charge is 0.259 e. The minimum atomic E-state index is -0.207. The zero-order chi connectivity index (χ0) is 16.9. The van der Waals surface area contributed by atoms with Gasteiger partial charge in [0.15, 0.2) is 5.43 Å². The number of rotatable bonds is 3. The zero-order valence-electron chi connectivity index (χ0n) is 14.0. The van der Waals surface area contributed by atoms with Crippen molar-refractivity contribution in [3.63, 3.8) is 0 Å². The van der Waals surface area contributed by atoms with Crippen LogP contribution in [0.1, 0.15) is 28.0 Å². The third kappa shape index (κ3) is 3.92. The Labute approximate surface area is 141 Å². The largest absolute Gasteiger partial charge is 0.364 e. The first kappa shape index (κ1) is 16.5. The highest BCUT2D eigenvalue weighted by Crippen LogP contribution is 2.10. The molecule has 0 bridgehead atoms. The predicted octanol–water partition coefficient (Wildman–Crippen LogP) is 2.03. The van der Waals surface area contributed by atoms with Crippen molar-refractivity contribution in [2.75, 3.05) is 26.2 Å². The summed E-state index contributed by atoms with van der Waals surface area (Å²) in [6.07, 6.45) is 2.45. The number of carbonyl (C=O) groups excluding carboxylic acids is 1. The number of aromatic amines is 1. The summed E-state index contributed by atoms with van der Waals surface area (Å²) in [7, 11) is 0. The van der Waals surface area contributed by atoms with Gasteiger partial charge in [0, 0.05) is 50.7 Å². The minimum absolute atomic E-state index is 0.169. The lowest BCUT2D eigenvalue weighted by atomic mass is 10.2. The lowest BCUT2D eigenvalue weighted by Crippen LogP contribution is -2.37. The van der Waals surface area contributed by atoms with E-state index in [0.717, 1.165) is 31.7 Å². The summed E-state index contributed by atoms with van der Waals surface area (Å²) in [5.74, 6) is -0.169. The van der Waals surface area contributed by atoms with E-state index in [2.05, 4.69) is 22.0 Å². The van der Waals surface area contributed by atoms with Crippen LogP contribution >= 0.6 is 0 Å². The Balaban J connectivity index is 1.64. The highest BCUT2D eigenvalue weighted by Gasteiger charge is 2.22. The molecule has 2 heterocycles. The van der Waals surface area contributed by atoms with E-state index in [4.69, 9.17) is 0 Å². The maximum absolute atomic E-state index is 12.6.